The van der Waals surface area contributed by atoms with Crippen LogP contribution in [0.2, 0.25) is 0 Å². The van der Waals surface area contributed by atoms with Gasteiger partial charge in [-0.25, -0.2) is 0 Å². The van der Waals surface area contributed by atoms with Crippen molar-refractivity contribution in [2.75, 3.05) is 4.90 Å². The molecule has 1 aromatic heterocycles. The van der Waals surface area contributed by atoms with Crippen molar-refractivity contribution in [1.29, 1.82) is 0 Å². The van der Waals surface area contributed by atoms with E-state index in [1.54, 1.807) is 0 Å². The average Bonchev–Trinajstić information content (AvgIpc) is 3.76. The molecular formula is C59H46N2. The third kappa shape index (κ3) is 6.18. The Labute approximate surface area is 358 Å². The summed E-state index contributed by atoms with van der Waals surface area (Å²) < 4.78 is 2.42. The van der Waals surface area contributed by atoms with Gasteiger partial charge in [-0.1, -0.05) is 165 Å². The van der Waals surface area contributed by atoms with Crippen LogP contribution in [0.15, 0.2) is 206 Å². The van der Waals surface area contributed by atoms with Gasteiger partial charge in [0.1, 0.15) is 0 Å². The van der Waals surface area contributed by atoms with Crippen LogP contribution in [0, 0.1) is 13.8 Å². The second kappa shape index (κ2) is 14.4. The minimum absolute atomic E-state index is 0.0435. The Morgan fingerprint density at radius 1 is 0.377 bits per heavy atom. The second-order valence-corrected chi connectivity index (χ2v) is 17.2. The zero-order valence-corrected chi connectivity index (χ0v) is 35.0. The molecule has 0 unspecified atom stereocenters. The van der Waals surface area contributed by atoms with E-state index in [0.29, 0.717) is 0 Å². The number of anilines is 3. The van der Waals surface area contributed by atoms with Crippen LogP contribution in [0.5, 0.6) is 0 Å². The number of rotatable bonds is 7. The Morgan fingerprint density at radius 2 is 0.902 bits per heavy atom. The third-order valence-corrected chi connectivity index (χ3v) is 12.9. The molecule has 1 heterocycles. The fourth-order valence-electron chi connectivity index (χ4n) is 9.76. The molecule has 1 aliphatic carbocycles. The summed E-state index contributed by atoms with van der Waals surface area (Å²) in [5, 5.41) is 2.51. The van der Waals surface area contributed by atoms with Gasteiger partial charge in [0.2, 0.25) is 0 Å². The number of para-hydroxylation sites is 1. The van der Waals surface area contributed by atoms with E-state index in [2.05, 4.69) is 243 Å². The number of hydrogen-bond acceptors (Lipinski definition) is 1. The fraction of sp³-hybridized carbons (Fsp3) is 0.0847. The zero-order chi connectivity index (χ0) is 41.2. The molecule has 0 N–H and O–H groups in total. The Kier molecular flexibility index (Phi) is 8.65. The molecule has 1 aliphatic rings. The number of aromatic nitrogens is 1. The first kappa shape index (κ1) is 36.6. The maximum absolute atomic E-state index is 2.42. The monoisotopic (exact) mass is 782 g/mol. The van der Waals surface area contributed by atoms with Gasteiger partial charge in [-0.2, -0.15) is 0 Å². The first-order chi connectivity index (χ1) is 29.8. The van der Waals surface area contributed by atoms with Gasteiger partial charge in [0.05, 0.1) is 11.0 Å². The van der Waals surface area contributed by atoms with Crippen molar-refractivity contribution in [3.63, 3.8) is 0 Å². The highest BCUT2D eigenvalue weighted by Gasteiger charge is 2.35. The van der Waals surface area contributed by atoms with Gasteiger partial charge in [0.15, 0.2) is 0 Å². The molecule has 0 saturated carbocycles. The fourth-order valence-corrected chi connectivity index (χ4v) is 9.76. The minimum Gasteiger partial charge on any atom is -0.311 e. The Balaban J connectivity index is 0.962. The van der Waals surface area contributed by atoms with E-state index in [-0.39, 0.29) is 5.41 Å². The Bertz CT molecular complexity index is 3260. The van der Waals surface area contributed by atoms with Crippen molar-refractivity contribution in [3.05, 3.63) is 229 Å². The van der Waals surface area contributed by atoms with Crippen LogP contribution in [-0.4, -0.2) is 4.57 Å². The van der Waals surface area contributed by atoms with Crippen LogP contribution in [0.1, 0.15) is 36.1 Å². The normalized spacial score (nSPS) is 12.7. The lowest BCUT2D eigenvalue weighted by atomic mass is 9.81. The van der Waals surface area contributed by atoms with E-state index >= 15 is 0 Å². The summed E-state index contributed by atoms with van der Waals surface area (Å²) in [5.41, 5.74) is 22.2. The molecule has 292 valence electrons. The summed E-state index contributed by atoms with van der Waals surface area (Å²) in [6, 6.07) is 76.0. The molecule has 0 bridgehead atoms. The maximum atomic E-state index is 2.42. The topological polar surface area (TPSA) is 8.17 Å². The third-order valence-electron chi connectivity index (χ3n) is 12.9. The molecule has 10 aromatic rings. The minimum atomic E-state index is -0.0435. The first-order valence-electron chi connectivity index (χ1n) is 21.3. The van der Waals surface area contributed by atoms with Crippen LogP contribution in [-0.2, 0) is 5.41 Å². The standard InChI is InChI=1S/C59H46N2/c1-39-20-28-46(29-21-39)60(47-30-23-42(24-31-47)45-27-35-52-51-34-22-40(2)36-54(51)59(3,4)55(52)38-45)48-32-25-43(26-33-48)50-17-11-19-57-58(50)53-16-8-9-18-56(53)61(57)49-15-10-14-44(37-49)41-12-6-5-7-13-41/h5-38H,1-4H3. The average molecular weight is 783 g/mol. The highest BCUT2D eigenvalue weighted by Crippen LogP contribution is 2.50. The molecule has 0 atom stereocenters. The molecule has 9 aromatic carbocycles. The molecule has 0 aliphatic heterocycles. The van der Waals surface area contributed by atoms with Gasteiger partial charge in [0.25, 0.3) is 0 Å². The summed E-state index contributed by atoms with van der Waals surface area (Å²) in [6.45, 7) is 9.06. The Morgan fingerprint density at radius 3 is 1.64 bits per heavy atom. The second-order valence-electron chi connectivity index (χ2n) is 17.2. The van der Waals surface area contributed by atoms with Gasteiger partial charge in [-0.05, 0) is 136 Å². The van der Waals surface area contributed by atoms with Crippen LogP contribution in [0.3, 0.4) is 0 Å². The summed E-state index contributed by atoms with van der Waals surface area (Å²) in [6.07, 6.45) is 0. The van der Waals surface area contributed by atoms with Crippen LogP contribution in [0.4, 0.5) is 17.1 Å². The molecule has 11 rings (SSSR count). The number of benzene rings is 9. The molecule has 2 heteroatoms. The summed E-state index contributed by atoms with van der Waals surface area (Å²) in [7, 11) is 0. The lowest BCUT2D eigenvalue weighted by molar-refractivity contribution is 0.660. The molecule has 0 saturated heterocycles. The van der Waals surface area contributed by atoms with E-state index in [4.69, 9.17) is 0 Å². The first-order valence-corrected chi connectivity index (χ1v) is 21.3. The smallest absolute Gasteiger partial charge is 0.0547 e. The predicted octanol–water partition coefficient (Wildman–Crippen LogP) is 16.2. The summed E-state index contributed by atoms with van der Waals surface area (Å²) in [5.74, 6) is 0. The van der Waals surface area contributed by atoms with E-state index in [9.17, 15) is 0 Å². The van der Waals surface area contributed by atoms with Gasteiger partial charge in [0, 0.05) is 38.9 Å². The summed E-state index contributed by atoms with van der Waals surface area (Å²) in [4.78, 5) is 2.37. The van der Waals surface area contributed by atoms with Gasteiger partial charge < -0.3 is 9.47 Å². The molecule has 0 amide bonds. The van der Waals surface area contributed by atoms with Crippen molar-refractivity contribution in [3.8, 4) is 50.2 Å². The molecule has 0 fully saturated rings. The molecular weight excluding hydrogens is 737 g/mol. The number of nitrogens with zero attached hydrogens (tertiary/aromatic N) is 2. The van der Waals surface area contributed by atoms with Crippen LogP contribution < -0.4 is 4.90 Å². The quantitative estimate of drug-likeness (QED) is 0.156. The zero-order valence-electron chi connectivity index (χ0n) is 35.0. The van der Waals surface area contributed by atoms with E-state index in [0.717, 1.165) is 22.7 Å². The number of aryl methyl sites for hydroxylation is 2. The lowest BCUT2D eigenvalue weighted by Crippen LogP contribution is -2.15. The van der Waals surface area contributed by atoms with E-state index < -0.39 is 0 Å². The number of fused-ring (bicyclic) bond motifs is 6. The SMILES string of the molecule is Cc1ccc(N(c2ccc(-c3ccc4c(c3)C(C)(C)c3cc(C)ccc3-4)cc2)c2ccc(-c3cccc4c3c3ccccc3n4-c3cccc(-c4ccccc4)c3)cc2)cc1. The van der Waals surface area contributed by atoms with E-state index in [1.165, 1.54) is 88.6 Å². The van der Waals surface area contributed by atoms with Crippen molar-refractivity contribution in [2.24, 2.45) is 0 Å². The van der Waals surface area contributed by atoms with Crippen molar-refractivity contribution < 1.29 is 0 Å². The molecule has 2 nitrogen and oxygen atoms in total. The van der Waals surface area contributed by atoms with Crippen LogP contribution in [0.25, 0.3) is 72.0 Å². The van der Waals surface area contributed by atoms with Crippen molar-refractivity contribution >= 4 is 38.9 Å². The van der Waals surface area contributed by atoms with Crippen molar-refractivity contribution in [2.45, 2.75) is 33.1 Å². The molecule has 0 spiro atoms. The van der Waals surface area contributed by atoms with Gasteiger partial charge in [-0.15, -0.1) is 0 Å². The Hall–Kier alpha value is -7.42. The van der Waals surface area contributed by atoms with E-state index in [1.807, 2.05) is 0 Å². The predicted molar refractivity (Wildman–Crippen MR) is 259 cm³/mol. The molecule has 0 radical (unpaired) electrons. The number of hydrogen-bond donors (Lipinski definition) is 0. The lowest BCUT2D eigenvalue weighted by Gasteiger charge is -2.26. The van der Waals surface area contributed by atoms with Crippen molar-refractivity contribution in [1.82, 2.24) is 4.57 Å². The largest absolute Gasteiger partial charge is 0.311 e. The molecule has 61 heavy (non-hydrogen) atoms. The summed E-state index contributed by atoms with van der Waals surface area (Å²) >= 11 is 0. The van der Waals surface area contributed by atoms with Crippen LogP contribution >= 0.6 is 0 Å². The highest BCUT2D eigenvalue weighted by molar-refractivity contribution is 6.15. The maximum Gasteiger partial charge on any atom is 0.0547 e. The van der Waals surface area contributed by atoms with Gasteiger partial charge in [-0.3, -0.25) is 0 Å². The van der Waals surface area contributed by atoms with Gasteiger partial charge >= 0.3 is 0 Å². The highest BCUT2D eigenvalue weighted by atomic mass is 15.1.